The summed E-state index contributed by atoms with van der Waals surface area (Å²) in [5, 5.41) is 8.49. The lowest BCUT2D eigenvalue weighted by molar-refractivity contribution is -0.150. The van der Waals surface area contributed by atoms with Crippen LogP contribution in [0.1, 0.15) is 6.92 Å². The number of methoxy groups -OCH3 is 1. The third-order valence-electron chi connectivity index (χ3n) is 1.17. The van der Waals surface area contributed by atoms with Crippen molar-refractivity contribution in [2.75, 3.05) is 13.4 Å². The molecule has 0 aromatic rings. The molecule has 1 unspecified atom stereocenters. The number of aliphatic carboxylic acids is 1. The minimum atomic E-state index is -1.08. The van der Waals surface area contributed by atoms with Crippen LogP contribution in [0.25, 0.3) is 0 Å². The molecule has 0 saturated heterocycles. The van der Waals surface area contributed by atoms with Gasteiger partial charge in [-0.1, -0.05) is 0 Å². The van der Waals surface area contributed by atoms with Crippen LogP contribution in [-0.2, 0) is 9.53 Å². The maximum Gasteiger partial charge on any atom is 0.346 e. The topological polar surface area (TPSA) is 46.5 Å². The molecule has 0 saturated carbocycles. The molecule has 0 amide bonds. The van der Waals surface area contributed by atoms with Crippen LogP contribution in [0.3, 0.4) is 0 Å². The molecule has 0 aliphatic carbocycles. The number of hydrogen-bond acceptors (Lipinski definition) is 3. The first-order valence-electron chi connectivity index (χ1n) is 2.40. The van der Waals surface area contributed by atoms with E-state index < -0.39 is 10.9 Å². The van der Waals surface area contributed by atoms with Gasteiger partial charge in [-0.3, -0.25) is 0 Å². The lowest BCUT2D eigenvalue weighted by Crippen LogP contribution is -2.32. The van der Waals surface area contributed by atoms with Crippen molar-refractivity contribution in [2.24, 2.45) is 0 Å². The quantitative estimate of drug-likeness (QED) is 0.604. The first-order chi connectivity index (χ1) is 4.06. The maximum atomic E-state index is 10.3. The van der Waals surface area contributed by atoms with Crippen LogP contribution in [0, 0.1) is 0 Å². The highest BCUT2D eigenvalue weighted by Gasteiger charge is 2.31. The van der Waals surface area contributed by atoms with Crippen LogP contribution in [-0.4, -0.2) is 29.4 Å². The van der Waals surface area contributed by atoms with Gasteiger partial charge in [0, 0.05) is 7.11 Å². The Bertz CT molecular complexity index is 109. The van der Waals surface area contributed by atoms with E-state index in [1.807, 2.05) is 0 Å². The van der Waals surface area contributed by atoms with E-state index >= 15 is 0 Å². The highest BCUT2D eigenvalue weighted by molar-refractivity contribution is 8.00. The molecule has 1 atom stereocenters. The molecule has 0 fully saturated rings. The fourth-order valence-corrected chi connectivity index (χ4v) is 0.599. The molecule has 9 heavy (non-hydrogen) atoms. The van der Waals surface area contributed by atoms with Gasteiger partial charge in [0.1, 0.15) is 0 Å². The molecule has 0 aliphatic heterocycles. The number of hydrogen-bond donors (Lipinski definition) is 1. The zero-order valence-electron chi connectivity index (χ0n) is 5.67. The predicted molar refractivity (Wildman–Crippen MR) is 36.6 cm³/mol. The number of rotatable bonds is 3. The van der Waals surface area contributed by atoms with Gasteiger partial charge in [0.15, 0.2) is 0 Å². The van der Waals surface area contributed by atoms with Gasteiger partial charge in [-0.25, -0.2) is 4.79 Å². The summed E-state index contributed by atoms with van der Waals surface area (Å²) < 4.78 is 4.71. The van der Waals surface area contributed by atoms with Crippen LogP contribution in [0.15, 0.2) is 0 Å². The second kappa shape index (κ2) is 3.08. The third-order valence-corrected chi connectivity index (χ3v) is 2.29. The standard InChI is InChI=1S/C5H10O3S/c1-5(8-2,9-3)4(6)7/h1-3H3,(H,6,7). The average Bonchev–Trinajstić information content (AvgIpc) is 1.86. The Balaban J connectivity index is 4.09. The zero-order chi connectivity index (χ0) is 7.49. The molecule has 0 radical (unpaired) electrons. The number of thioether (sulfide) groups is 1. The van der Waals surface area contributed by atoms with Crippen molar-refractivity contribution < 1.29 is 14.6 Å². The Morgan fingerprint density at radius 1 is 1.78 bits per heavy atom. The van der Waals surface area contributed by atoms with Crippen molar-refractivity contribution in [1.82, 2.24) is 0 Å². The second-order valence-electron chi connectivity index (χ2n) is 1.66. The molecule has 54 valence electrons. The van der Waals surface area contributed by atoms with Gasteiger partial charge in [0.25, 0.3) is 0 Å². The summed E-state index contributed by atoms with van der Waals surface area (Å²) in [4.78, 5) is 9.25. The lowest BCUT2D eigenvalue weighted by Gasteiger charge is -2.19. The summed E-state index contributed by atoms with van der Waals surface area (Å²) in [6.07, 6.45) is 1.69. The van der Waals surface area contributed by atoms with Crippen LogP contribution < -0.4 is 0 Å². The Kier molecular flexibility index (Phi) is 3.00. The molecular weight excluding hydrogens is 140 g/mol. The first kappa shape index (κ1) is 8.78. The first-order valence-corrected chi connectivity index (χ1v) is 3.63. The minimum Gasteiger partial charge on any atom is -0.478 e. The molecule has 0 aromatic carbocycles. The van der Waals surface area contributed by atoms with E-state index in [4.69, 9.17) is 9.84 Å². The van der Waals surface area contributed by atoms with E-state index in [1.54, 1.807) is 6.26 Å². The van der Waals surface area contributed by atoms with E-state index in [2.05, 4.69) is 0 Å². The molecule has 0 rings (SSSR count). The molecule has 0 bridgehead atoms. The molecular formula is C5H10O3S. The third kappa shape index (κ3) is 1.87. The molecule has 1 N–H and O–H groups in total. The monoisotopic (exact) mass is 150 g/mol. The van der Waals surface area contributed by atoms with Crippen molar-refractivity contribution in [2.45, 2.75) is 11.9 Å². The van der Waals surface area contributed by atoms with E-state index in [9.17, 15) is 4.79 Å². The van der Waals surface area contributed by atoms with Gasteiger partial charge < -0.3 is 9.84 Å². The minimum absolute atomic E-state index is 0.947. The van der Waals surface area contributed by atoms with E-state index in [-0.39, 0.29) is 0 Å². The molecule has 0 aromatic heterocycles. The van der Waals surface area contributed by atoms with Gasteiger partial charge in [0.2, 0.25) is 4.93 Å². The van der Waals surface area contributed by atoms with E-state index in [1.165, 1.54) is 14.0 Å². The molecule has 0 aliphatic rings. The second-order valence-corrected chi connectivity index (χ2v) is 2.85. The molecule has 4 heteroatoms. The Morgan fingerprint density at radius 2 is 2.22 bits per heavy atom. The van der Waals surface area contributed by atoms with Crippen molar-refractivity contribution in [3.63, 3.8) is 0 Å². The van der Waals surface area contributed by atoms with Crippen LogP contribution in [0.4, 0.5) is 0 Å². The van der Waals surface area contributed by atoms with Crippen molar-refractivity contribution in [1.29, 1.82) is 0 Å². The van der Waals surface area contributed by atoms with Gasteiger partial charge in [-0.15, -0.1) is 11.8 Å². The maximum absolute atomic E-state index is 10.3. The normalized spacial score (nSPS) is 16.8. The summed E-state index contributed by atoms with van der Waals surface area (Å²) in [5.74, 6) is -0.947. The Labute approximate surface area is 58.4 Å². The van der Waals surface area contributed by atoms with E-state index in [0.29, 0.717) is 0 Å². The summed E-state index contributed by atoms with van der Waals surface area (Å²) in [6.45, 7) is 1.51. The Morgan fingerprint density at radius 3 is 2.22 bits per heavy atom. The predicted octanol–water partition coefficient (Wildman–Crippen LogP) is 0.797. The van der Waals surface area contributed by atoms with Crippen LogP contribution >= 0.6 is 11.8 Å². The smallest absolute Gasteiger partial charge is 0.346 e. The largest absolute Gasteiger partial charge is 0.478 e. The molecule has 3 nitrogen and oxygen atoms in total. The van der Waals surface area contributed by atoms with Gasteiger partial charge in [0.05, 0.1) is 0 Å². The fraction of sp³-hybridized carbons (Fsp3) is 0.800. The summed E-state index contributed by atoms with van der Waals surface area (Å²) in [7, 11) is 1.38. The number of carboxylic acid groups (broad SMARTS) is 1. The van der Waals surface area contributed by atoms with Gasteiger partial charge in [-0.2, -0.15) is 0 Å². The van der Waals surface area contributed by atoms with Crippen molar-refractivity contribution >= 4 is 17.7 Å². The summed E-state index contributed by atoms with van der Waals surface area (Å²) in [6, 6.07) is 0. The zero-order valence-corrected chi connectivity index (χ0v) is 6.49. The SMILES string of the molecule is COC(C)(SC)C(=O)O. The summed E-state index contributed by atoms with van der Waals surface area (Å²) >= 11 is 1.16. The lowest BCUT2D eigenvalue weighted by atomic mass is 10.4. The van der Waals surface area contributed by atoms with Crippen LogP contribution in [0.5, 0.6) is 0 Å². The highest BCUT2D eigenvalue weighted by Crippen LogP contribution is 2.22. The van der Waals surface area contributed by atoms with E-state index in [0.717, 1.165) is 11.8 Å². The molecule has 0 heterocycles. The van der Waals surface area contributed by atoms with Crippen molar-refractivity contribution in [3.8, 4) is 0 Å². The van der Waals surface area contributed by atoms with Crippen LogP contribution in [0.2, 0.25) is 0 Å². The Hall–Kier alpha value is -0.220. The average molecular weight is 150 g/mol. The highest BCUT2D eigenvalue weighted by atomic mass is 32.2. The summed E-state index contributed by atoms with van der Waals surface area (Å²) in [5.41, 5.74) is 0. The number of ether oxygens (including phenoxy) is 1. The fourth-order valence-electron chi connectivity index (χ4n) is 0.258. The number of carbonyl (C=O) groups is 1. The molecule has 0 spiro atoms. The van der Waals surface area contributed by atoms with Gasteiger partial charge >= 0.3 is 5.97 Å². The van der Waals surface area contributed by atoms with Crippen molar-refractivity contribution in [3.05, 3.63) is 0 Å². The number of carboxylic acids is 1. The van der Waals surface area contributed by atoms with Gasteiger partial charge in [-0.05, 0) is 13.2 Å².